The molecule has 0 saturated carbocycles. The summed E-state index contributed by atoms with van der Waals surface area (Å²) >= 11 is 0. The van der Waals surface area contributed by atoms with Gasteiger partial charge in [-0.25, -0.2) is 0 Å². The number of hydrogen-bond donors (Lipinski definition) is 12. The molecule has 12 N–H and O–H groups in total. The lowest BCUT2D eigenvalue weighted by atomic mass is 9.94. The zero-order chi connectivity index (χ0) is 40.2. The van der Waals surface area contributed by atoms with Crippen LogP contribution in [0.2, 0.25) is 0 Å². The summed E-state index contributed by atoms with van der Waals surface area (Å²) in [5, 5.41) is 123. The highest BCUT2D eigenvalue weighted by atomic mass is 16.8. The van der Waals surface area contributed by atoms with Crippen LogP contribution in [0.3, 0.4) is 0 Å². The molecular weight excluding hydrogens is 750 g/mol. The molecule has 0 aromatic carbocycles. The Labute approximate surface area is 314 Å². The highest BCUT2D eigenvalue weighted by Crippen LogP contribution is 2.38. The standard InChI is InChI=1S/C32H53NO22/c1-7-14(37)18(41)19(42)29(46-7)55-27-20(43)23-9(3)48-32(27)54-26-17(40)12(6-35)50-31(22(26)45)53-25-15(38)8(2)47-30(21(25)44)52-24-13(33-10(4)36)28(51-23)49-11(5-34)16(24)39/h7-9,11-32,34-35,37-45H,5-6H2,1-4H3,(H,33,36)/t7-,8-,9-,11+,12+,13+,14-,15+,16+,17+,18+,19+,20+,21-,22-,23+,24+,25+,26-,27-,28-,29-,30-,31+,32-/m0/s1. The number of carbonyl (C=O) groups is 1. The van der Waals surface area contributed by atoms with Gasteiger partial charge in [-0.1, -0.05) is 0 Å². The van der Waals surface area contributed by atoms with Gasteiger partial charge in [0, 0.05) is 6.92 Å². The van der Waals surface area contributed by atoms with Crippen LogP contribution >= 0.6 is 0 Å². The number of aliphatic hydroxyl groups excluding tert-OH is 11. The average Bonchev–Trinajstić information content (AvgIpc) is 3.14. The minimum absolute atomic E-state index is 0.677. The van der Waals surface area contributed by atoms with Crippen molar-refractivity contribution in [3.63, 3.8) is 0 Å². The molecule has 7 rings (SSSR count). The Balaban J connectivity index is 1.44. The molecule has 7 fully saturated rings. The first-order valence-corrected chi connectivity index (χ1v) is 18.1. The quantitative estimate of drug-likeness (QED) is 0.123. The molecule has 23 nitrogen and oxygen atoms in total. The van der Waals surface area contributed by atoms with Gasteiger partial charge in [-0.05, 0) is 20.8 Å². The van der Waals surface area contributed by atoms with Crippen LogP contribution in [0.15, 0.2) is 0 Å². The molecule has 0 aromatic rings. The average molecular weight is 804 g/mol. The van der Waals surface area contributed by atoms with Crippen molar-refractivity contribution in [3.8, 4) is 0 Å². The third kappa shape index (κ3) is 8.41. The minimum Gasteiger partial charge on any atom is -0.394 e. The maximum Gasteiger partial charge on any atom is 0.217 e. The molecular formula is C32H53NO22. The molecule has 0 unspecified atom stereocenters. The Hall–Kier alpha value is -1.37. The second kappa shape index (κ2) is 17.5. The van der Waals surface area contributed by atoms with Crippen molar-refractivity contribution in [2.24, 2.45) is 0 Å². The number of rotatable bonds is 5. The third-order valence-corrected chi connectivity index (χ3v) is 10.8. The number of amides is 1. The van der Waals surface area contributed by atoms with Crippen molar-refractivity contribution in [3.05, 3.63) is 0 Å². The van der Waals surface area contributed by atoms with Crippen molar-refractivity contribution in [2.45, 2.75) is 181 Å². The maximum absolute atomic E-state index is 12.5. The fourth-order valence-corrected chi connectivity index (χ4v) is 7.67. The van der Waals surface area contributed by atoms with E-state index < -0.39 is 173 Å². The summed E-state index contributed by atoms with van der Waals surface area (Å²) in [5.41, 5.74) is 0. The molecule has 7 heterocycles. The number of carbonyl (C=O) groups excluding carboxylic acids is 1. The van der Waals surface area contributed by atoms with E-state index >= 15 is 0 Å². The topological polar surface area (TPSA) is 344 Å². The summed E-state index contributed by atoms with van der Waals surface area (Å²) in [6, 6.07) is -1.47. The molecule has 0 aromatic heterocycles. The van der Waals surface area contributed by atoms with Crippen LogP contribution < -0.4 is 5.32 Å². The van der Waals surface area contributed by atoms with Gasteiger partial charge in [0.15, 0.2) is 31.5 Å². The van der Waals surface area contributed by atoms with E-state index in [1.807, 2.05) is 0 Å². The first-order valence-electron chi connectivity index (χ1n) is 18.1. The van der Waals surface area contributed by atoms with Crippen LogP contribution in [0.4, 0.5) is 0 Å². The molecule has 8 bridgehead atoms. The summed E-state index contributed by atoms with van der Waals surface area (Å²) in [6.45, 7) is 3.65. The highest BCUT2D eigenvalue weighted by Gasteiger charge is 2.58. The van der Waals surface area contributed by atoms with Crippen LogP contribution in [-0.2, 0) is 52.2 Å². The van der Waals surface area contributed by atoms with Gasteiger partial charge < -0.3 is 109 Å². The second-order valence-electron chi connectivity index (χ2n) is 14.7. The Kier molecular flexibility index (Phi) is 13.7. The SMILES string of the molecule is CC(=O)N[C@H]1[C@@H]2O[C@H]3[C@@H](O)[C@H](O[C@@H]4O[C@@H](C)[C@H](O)[C@@H](O)[C@H]4O)[C@H](O[C@@H]4[C@H](O)[C@@H](O[C@H]5[C@H](O)[C@H](O[C@H]1[C@H](O)[C@@H](CO)O2)O[C@@H](C)[C@H]5O)O[C@H](CO)[C@H]4O)O[C@H]3C. The van der Waals surface area contributed by atoms with E-state index in [2.05, 4.69) is 5.32 Å². The van der Waals surface area contributed by atoms with Crippen LogP contribution in [0.5, 0.6) is 0 Å². The smallest absolute Gasteiger partial charge is 0.217 e. The largest absolute Gasteiger partial charge is 0.394 e. The normalized spacial score (nSPS) is 55.0. The molecule has 25 atom stereocenters. The van der Waals surface area contributed by atoms with Gasteiger partial charge in [0.05, 0.1) is 31.5 Å². The number of hydrogen-bond acceptors (Lipinski definition) is 22. The molecule has 55 heavy (non-hydrogen) atoms. The van der Waals surface area contributed by atoms with Crippen molar-refractivity contribution in [2.75, 3.05) is 13.2 Å². The first-order chi connectivity index (χ1) is 26.0. The predicted molar refractivity (Wildman–Crippen MR) is 171 cm³/mol. The fourth-order valence-electron chi connectivity index (χ4n) is 7.67. The Morgan fingerprint density at radius 3 is 1.60 bits per heavy atom. The maximum atomic E-state index is 12.5. The van der Waals surface area contributed by atoms with E-state index in [1.54, 1.807) is 0 Å². The van der Waals surface area contributed by atoms with E-state index in [1.165, 1.54) is 20.8 Å². The molecule has 0 spiro atoms. The monoisotopic (exact) mass is 803 g/mol. The molecule has 1 amide bonds. The molecule has 23 heteroatoms. The van der Waals surface area contributed by atoms with Crippen molar-refractivity contribution in [1.29, 1.82) is 0 Å². The summed E-state index contributed by atoms with van der Waals surface area (Å²) < 4.78 is 59.2. The Morgan fingerprint density at radius 1 is 0.491 bits per heavy atom. The van der Waals surface area contributed by atoms with Crippen LogP contribution in [-0.4, -0.2) is 229 Å². The van der Waals surface area contributed by atoms with Crippen LogP contribution in [0.25, 0.3) is 0 Å². The zero-order valence-corrected chi connectivity index (χ0v) is 30.3. The lowest BCUT2D eigenvalue weighted by molar-refractivity contribution is -0.397. The molecule has 7 aliphatic heterocycles. The van der Waals surface area contributed by atoms with Gasteiger partial charge >= 0.3 is 0 Å². The van der Waals surface area contributed by atoms with Gasteiger partial charge in [0.25, 0.3) is 0 Å². The predicted octanol–water partition coefficient (Wildman–Crippen LogP) is -7.65. The van der Waals surface area contributed by atoms with E-state index in [4.69, 9.17) is 47.4 Å². The molecule has 7 aliphatic rings. The van der Waals surface area contributed by atoms with Crippen molar-refractivity contribution in [1.82, 2.24) is 5.32 Å². The molecule has 318 valence electrons. The van der Waals surface area contributed by atoms with Crippen molar-refractivity contribution < 1.29 is 108 Å². The molecule has 0 aliphatic carbocycles. The van der Waals surface area contributed by atoms with Gasteiger partial charge in [0.1, 0.15) is 104 Å². The lowest BCUT2D eigenvalue weighted by Crippen LogP contribution is -2.69. The summed E-state index contributed by atoms with van der Waals surface area (Å²) in [4.78, 5) is 12.5. The fraction of sp³-hybridized carbons (Fsp3) is 0.969. The Morgan fingerprint density at radius 2 is 0.982 bits per heavy atom. The van der Waals surface area contributed by atoms with Crippen molar-refractivity contribution >= 4 is 5.91 Å². The van der Waals surface area contributed by atoms with E-state index in [-0.39, 0.29) is 0 Å². The number of fused-ring (bicyclic) bond motifs is 2. The highest BCUT2D eigenvalue weighted by molar-refractivity contribution is 5.73. The summed E-state index contributed by atoms with van der Waals surface area (Å²) in [5.74, 6) is -0.677. The second-order valence-corrected chi connectivity index (χ2v) is 14.7. The summed E-state index contributed by atoms with van der Waals surface area (Å²) in [7, 11) is 0. The number of aliphatic hydroxyl groups is 11. The number of ether oxygens (including phenoxy) is 10. The zero-order valence-electron chi connectivity index (χ0n) is 30.3. The van der Waals surface area contributed by atoms with E-state index in [0.717, 1.165) is 6.92 Å². The molecule has 0 radical (unpaired) electrons. The van der Waals surface area contributed by atoms with Crippen LogP contribution in [0, 0.1) is 0 Å². The summed E-state index contributed by atoms with van der Waals surface area (Å²) in [6.07, 6.45) is -39.8. The number of nitrogens with one attached hydrogen (secondary N) is 1. The lowest BCUT2D eigenvalue weighted by Gasteiger charge is -2.50. The minimum atomic E-state index is -1.98. The van der Waals surface area contributed by atoms with Gasteiger partial charge in [0.2, 0.25) is 5.91 Å². The van der Waals surface area contributed by atoms with Gasteiger partial charge in [-0.2, -0.15) is 0 Å². The first kappa shape index (κ1) is 43.2. The Bertz CT molecular complexity index is 1290. The van der Waals surface area contributed by atoms with Crippen LogP contribution in [0.1, 0.15) is 27.7 Å². The third-order valence-electron chi connectivity index (χ3n) is 10.8. The van der Waals surface area contributed by atoms with Gasteiger partial charge in [-0.15, -0.1) is 0 Å². The van der Waals surface area contributed by atoms with E-state index in [9.17, 15) is 61.0 Å². The van der Waals surface area contributed by atoms with E-state index in [0.29, 0.717) is 0 Å². The van der Waals surface area contributed by atoms with Gasteiger partial charge in [-0.3, -0.25) is 4.79 Å². The molecule has 7 saturated heterocycles.